The van der Waals surface area contributed by atoms with Crippen molar-refractivity contribution in [2.45, 2.75) is 0 Å². The van der Waals surface area contributed by atoms with Crippen molar-refractivity contribution in [1.82, 2.24) is 10.3 Å². The minimum atomic E-state index is 0.0682. The molecule has 1 aromatic heterocycles. The van der Waals surface area contributed by atoms with Crippen LogP contribution in [0.3, 0.4) is 0 Å². The van der Waals surface area contributed by atoms with Crippen LogP contribution in [0.1, 0.15) is 10.4 Å². The molecule has 0 saturated carbocycles. The monoisotopic (exact) mass is 244 g/mol. The Morgan fingerprint density at radius 1 is 1.39 bits per heavy atom. The first-order valence-electron chi connectivity index (χ1n) is 5.89. The molecule has 0 atom stereocenters. The van der Waals surface area contributed by atoms with Crippen molar-refractivity contribution in [2.24, 2.45) is 0 Å². The zero-order valence-corrected chi connectivity index (χ0v) is 10.3. The van der Waals surface area contributed by atoms with Gasteiger partial charge in [0.2, 0.25) is 0 Å². The van der Waals surface area contributed by atoms with Gasteiger partial charge in [-0.05, 0) is 12.1 Å². The van der Waals surface area contributed by atoms with Gasteiger partial charge in [-0.3, -0.25) is 9.78 Å². The summed E-state index contributed by atoms with van der Waals surface area (Å²) < 4.78 is 4.90. The number of carbonyl (C=O) groups excluding carboxylic acids is 1. The van der Waals surface area contributed by atoms with Crippen molar-refractivity contribution >= 4 is 16.7 Å². The Kier molecular flexibility index (Phi) is 4.39. The second kappa shape index (κ2) is 6.23. The molecular weight excluding hydrogens is 228 g/mol. The highest BCUT2D eigenvalue weighted by Crippen LogP contribution is 2.13. The minimum Gasteiger partial charge on any atom is -0.383 e. The highest BCUT2D eigenvalue weighted by molar-refractivity contribution is 6.00. The molecule has 0 spiro atoms. The summed E-state index contributed by atoms with van der Waals surface area (Å²) in [6, 6.07) is 9.45. The van der Waals surface area contributed by atoms with Crippen LogP contribution in [0.15, 0.2) is 36.5 Å². The Labute approximate surface area is 106 Å². The molecule has 4 heteroatoms. The number of carbonyl (C=O) groups is 1. The van der Waals surface area contributed by atoms with Gasteiger partial charge in [-0.2, -0.15) is 0 Å². The quantitative estimate of drug-likeness (QED) is 0.620. The number of ketones is 1. The van der Waals surface area contributed by atoms with Crippen LogP contribution in [-0.2, 0) is 4.74 Å². The van der Waals surface area contributed by atoms with Gasteiger partial charge in [0.05, 0.1) is 18.7 Å². The number of nitrogens with zero attached hydrogens (tertiary/aromatic N) is 1. The molecule has 0 fully saturated rings. The summed E-state index contributed by atoms with van der Waals surface area (Å²) in [6.45, 7) is 1.60. The van der Waals surface area contributed by atoms with Gasteiger partial charge in [0.15, 0.2) is 5.78 Å². The zero-order chi connectivity index (χ0) is 12.8. The molecule has 2 aromatic rings. The van der Waals surface area contributed by atoms with Crippen LogP contribution in [0.5, 0.6) is 0 Å². The summed E-state index contributed by atoms with van der Waals surface area (Å²) in [6.07, 6.45) is 1.73. The highest BCUT2D eigenvalue weighted by Gasteiger charge is 2.06. The largest absolute Gasteiger partial charge is 0.383 e. The number of ether oxygens (including phenoxy) is 1. The number of fused-ring (bicyclic) bond motifs is 1. The normalized spacial score (nSPS) is 10.7. The SMILES string of the molecule is COCCNCC(=O)c1ccc2cccnc2c1. The van der Waals surface area contributed by atoms with Crippen molar-refractivity contribution in [3.63, 3.8) is 0 Å². The van der Waals surface area contributed by atoms with Crippen LogP contribution >= 0.6 is 0 Å². The number of rotatable bonds is 6. The lowest BCUT2D eigenvalue weighted by atomic mass is 10.1. The Morgan fingerprint density at radius 2 is 2.28 bits per heavy atom. The van der Waals surface area contributed by atoms with Crippen LogP contribution in [0.2, 0.25) is 0 Å². The molecule has 1 heterocycles. The van der Waals surface area contributed by atoms with Gasteiger partial charge < -0.3 is 10.1 Å². The van der Waals surface area contributed by atoms with E-state index in [1.807, 2.05) is 30.3 Å². The lowest BCUT2D eigenvalue weighted by molar-refractivity contribution is 0.0987. The van der Waals surface area contributed by atoms with Gasteiger partial charge in [0, 0.05) is 30.8 Å². The number of benzene rings is 1. The highest BCUT2D eigenvalue weighted by atomic mass is 16.5. The fourth-order valence-electron chi connectivity index (χ4n) is 1.72. The van der Waals surface area contributed by atoms with Crippen LogP contribution < -0.4 is 5.32 Å². The van der Waals surface area contributed by atoms with Crippen LogP contribution in [0.4, 0.5) is 0 Å². The number of nitrogens with one attached hydrogen (secondary N) is 1. The van der Waals surface area contributed by atoms with E-state index >= 15 is 0 Å². The molecule has 0 radical (unpaired) electrons. The second-order valence-electron chi connectivity index (χ2n) is 4.00. The molecule has 94 valence electrons. The van der Waals surface area contributed by atoms with Crippen molar-refractivity contribution in [3.05, 3.63) is 42.1 Å². The number of hydrogen-bond acceptors (Lipinski definition) is 4. The predicted octanol–water partition coefficient (Wildman–Crippen LogP) is 1.65. The molecule has 0 aliphatic rings. The number of Topliss-reactive ketones (excluding diaryl/α,β-unsaturated/α-hetero) is 1. The summed E-state index contributed by atoms with van der Waals surface area (Å²) in [5, 5.41) is 4.08. The molecule has 4 nitrogen and oxygen atoms in total. The number of aromatic nitrogens is 1. The summed E-state index contributed by atoms with van der Waals surface area (Å²) in [5.74, 6) is 0.0682. The third-order valence-electron chi connectivity index (χ3n) is 2.70. The molecule has 18 heavy (non-hydrogen) atoms. The van der Waals surface area contributed by atoms with Gasteiger partial charge in [-0.15, -0.1) is 0 Å². The minimum absolute atomic E-state index is 0.0682. The van der Waals surface area contributed by atoms with E-state index in [9.17, 15) is 4.79 Å². The van der Waals surface area contributed by atoms with Crippen molar-refractivity contribution in [1.29, 1.82) is 0 Å². The molecule has 0 saturated heterocycles. The predicted molar refractivity (Wildman–Crippen MR) is 70.8 cm³/mol. The van der Waals surface area contributed by atoms with Crippen molar-refractivity contribution < 1.29 is 9.53 Å². The van der Waals surface area contributed by atoms with Crippen LogP contribution in [0, 0.1) is 0 Å². The fourth-order valence-corrected chi connectivity index (χ4v) is 1.72. The standard InChI is InChI=1S/C14H16N2O2/c1-18-8-7-15-10-14(17)12-5-4-11-3-2-6-16-13(11)9-12/h2-6,9,15H,7-8,10H2,1H3. The molecule has 2 rings (SSSR count). The molecule has 0 bridgehead atoms. The Balaban J connectivity index is 2.04. The average Bonchev–Trinajstić information content (AvgIpc) is 2.43. The van der Waals surface area contributed by atoms with E-state index in [1.54, 1.807) is 13.3 Å². The summed E-state index contributed by atoms with van der Waals surface area (Å²) in [5.41, 5.74) is 1.53. The molecule has 1 N–H and O–H groups in total. The first-order chi connectivity index (χ1) is 8.81. The van der Waals surface area contributed by atoms with Gasteiger partial charge in [0.25, 0.3) is 0 Å². The van der Waals surface area contributed by atoms with E-state index in [0.29, 0.717) is 25.3 Å². The lowest BCUT2D eigenvalue weighted by Crippen LogP contribution is -2.26. The topological polar surface area (TPSA) is 51.2 Å². The smallest absolute Gasteiger partial charge is 0.176 e. The first-order valence-corrected chi connectivity index (χ1v) is 5.89. The Hall–Kier alpha value is -1.78. The van der Waals surface area contributed by atoms with Crippen molar-refractivity contribution in [3.8, 4) is 0 Å². The first kappa shape index (κ1) is 12.7. The lowest BCUT2D eigenvalue weighted by Gasteiger charge is -2.04. The Bertz CT molecular complexity index is 540. The Morgan fingerprint density at radius 3 is 3.11 bits per heavy atom. The van der Waals surface area contributed by atoms with E-state index < -0.39 is 0 Å². The van der Waals surface area contributed by atoms with Gasteiger partial charge >= 0.3 is 0 Å². The summed E-state index contributed by atoms with van der Waals surface area (Å²) in [7, 11) is 1.64. The molecule has 0 amide bonds. The number of hydrogen-bond donors (Lipinski definition) is 1. The average molecular weight is 244 g/mol. The van der Waals surface area contributed by atoms with Gasteiger partial charge in [-0.25, -0.2) is 0 Å². The van der Waals surface area contributed by atoms with E-state index in [-0.39, 0.29) is 5.78 Å². The molecular formula is C14H16N2O2. The van der Waals surface area contributed by atoms with Crippen molar-refractivity contribution in [2.75, 3.05) is 26.8 Å². The maximum Gasteiger partial charge on any atom is 0.176 e. The van der Waals surface area contributed by atoms with Gasteiger partial charge in [-0.1, -0.05) is 18.2 Å². The van der Waals surface area contributed by atoms with E-state index in [1.165, 1.54) is 0 Å². The van der Waals surface area contributed by atoms with Gasteiger partial charge in [0.1, 0.15) is 0 Å². The third-order valence-corrected chi connectivity index (χ3v) is 2.70. The number of pyridine rings is 1. The molecule has 0 unspecified atom stereocenters. The zero-order valence-electron chi connectivity index (χ0n) is 10.3. The summed E-state index contributed by atoms with van der Waals surface area (Å²) in [4.78, 5) is 16.2. The molecule has 1 aromatic carbocycles. The fraction of sp³-hybridized carbons (Fsp3) is 0.286. The molecule has 0 aliphatic carbocycles. The van der Waals surface area contributed by atoms with Crippen LogP contribution in [-0.4, -0.2) is 37.6 Å². The maximum atomic E-state index is 11.9. The number of methoxy groups -OCH3 is 1. The second-order valence-corrected chi connectivity index (χ2v) is 4.00. The summed E-state index contributed by atoms with van der Waals surface area (Å²) >= 11 is 0. The third kappa shape index (κ3) is 3.12. The van der Waals surface area contributed by atoms with Crippen LogP contribution in [0.25, 0.3) is 10.9 Å². The maximum absolute atomic E-state index is 11.9. The van der Waals surface area contributed by atoms with E-state index in [4.69, 9.17) is 4.74 Å². The van der Waals surface area contributed by atoms with E-state index in [0.717, 1.165) is 10.9 Å². The molecule has 0 aliphatic heterocycles. The van der Waals surface area contributed by atoms with E-state index in [2.05, 4.69) is 10.3 Å².